The molecular formula is C24H23ClN4O5. The Hall–Kier alpha value is -3.85. The number of methoxy groups -OCH3 is 2. The Labute approximate surface area is 201 Å². The van der Waals surface area contributed by atoms with Crippen molar-refractivity contribution in [3.05, 3.63) is 70.4 Å². The van der Waals surface area contributed by atoms with E-state index in [-0.39, 0.29) is 18.0 Å². The minimum absolute atomic E-state index is 0.0256. The second-order valence-corrected chi connectivity index (χ2v) is 7.82. The van der Waals surface area contributed by atoms with Crippen LogP contribution < -0.4 is 9.75 Å². The normalized spacial score (nSPS) is 17.1. The molecule has 1 atom stereocenters. The Morgan fingerprint density at radius 3 is 2.53 bits per heavy atom. The molecule has 2 aromatic rings. The summed E-state index contributed by atoms with van der Waals surface area (Å²) >= 11 is 6.21. The summed E-state index contributed by atoms with van der Waals surface area (Å²) in [5.41, 5.74) is 1.97. The molecule has 2 aliphatic heterocycles. The van der Waals surface area contributed by atoms with Gasteiger partial charge in [-0.25, -0.2) is 14.6 Å². The van der Waals surface area contributed by atoms with Gasteiger partial charge in [0.2, 0.25) is 11.8 Å². The molecule has 0 bridgehead atoms. The smallest absolute Gasteiger partial charge is 0.376 e. The van der Waals surface area contributed by atoms with E-state index in [1.807, 2.05) is 6.07 Å². The van der Waals surface area contributed by atoms with Crippen molar-refractivity contribution in [3.63, 3.8) is 0 Å². The quantitative estimate of drug-likeness (QED) is 0.576. The van der Waals surface area contributed by atoms with E-state index in [2.05, 4.69) is 10.1 Å². The molecule has 0 aliphatic carbocycles. The number of carbonyl (C=O) groups excluding carboxylic acids is 2. The average molecular weight is 483 g/mol. The highest BCUT2D eigenvalue weighted by Crippen LogP contribution is 2.41. The molecule has 2 aliphatic rings. The van der Waals surface area contributed by atoms with E-state index in [1.165, 1.54) is 12.1 Å². The Balaban J connectivity index is 1.95. The molecule has 2 heterocycles. The van der Waals surface area contributed by atoms with Crippen molar-refractivity contribution in [1.82, 2.24) is 4.90 Å². The van der Waals surface area contributed by atoms with Crippen molar-refractivity contribution in [2.75, 3.05) is 25.8 Å². The zero-order valence-electron chi connectivity index (χ0n) is 19.1. The summed E-state index contributed by atoms with van der Waals surface area (Å²) in [7, 11) is 2.85. The Morgan fingerprint density at radius 1 is 1.09 bits per heavy atom. The number of halogens is 1. The number of benzene rings is 2. The van der Waals surface area contributed by atoms with Gasteiger partial charge in [-0.05, 0) is 49.7 Å². The molecule has 0 radical (unpaired) electrons. The second-order valence-electron chi connectivity index (χ2n) is 7.39. The number of aliphatic imine (C=N–C) groups is 1. The van der Waals surface area contributed by atoms with Crippen LogP contribution in [0.25, 0.3) is 0 Å². The molecule has 34 heavy (non-hydrogen) atoms. The summed E-state index contributed by atoms with van der Waals surface area (Å²) in [6.07, 6.45) is 0. The Bertz CT molecular complexity index is 1240. The second kappa shape index (κ2) is 9.56. The molecule has 0 aromatic heterocycles. The lowest BCUT2D eigenvalue weighted by Crippen LogP contribution is -2.47. The maximum absolute atomic E-state index is 13.0. The summed E-state index contributed by atoms with van der Waals surface area (Å²) < 4.78 is 15.8. The Kier molecular flexibility index (Phi) is 6.56. The number of allylic oxidation sites excluding steroid dienone is 1. The first-order valence-electron chi connectivity index (χ1n) is 10.5. The number of ether oxygens (including phenoxy) is 3. The number of fused-ring (bicyclic) bond motifs is 1. The van der Waals surface area contributed by atoms with Gasteiger partial charge in [0.25, 0.3) is 0 Å². The molecule has 0 spiro atoms. The van der Waals surface area contributed by atoms with Crippen LogP contribution in [-0.2, 0) is 19.1 Å². The van der Waals surface area contributed by atoms with E-state index >= 15 is 0 Å². The van der Waals surface area contributed by atoms with Crippen LogP contribution in [0, 0.1) is 0 Å². The molecule has 0 fully saturated rings. The van der Waals surface area contributed by atoms with Crippen molar-refractivity contribution in [3.8, 4) is 5.75 Å². The van der Waals surface area contributed by atoms with Crippen LogP contribution in [0.1, 0.15) is 25.5 Å². The molecule has 0 amide bonds. The molecule has 0 saturated carbocycles. The average Bonchev–Trinajstić information content (AvgIpc) is 3.22. The lowest BCUT2D eigenvalue weighted by Gasteiger charge is -2.35. The van der Waals surface area contributed by atoms with Gasteiger partial charge < -0.3 is 14.2 Å². The lowest BCUT2D eigenvalue weighted by atomic mass is 9.94. The Morgan fingerprint density at radius 2 is 1.85 bits per heavy atom. The molecule has 0 N–H and O–H groups in total. The third-order valence-electron chi connectivity index (χ3n) is 5.34. The van der Waals surface area contributed by atoms with Crippen LogP contribution in [0.3, 0.4) is 0 Å². The maximum atomic E-state index is 13.0. The van der Waals surface area contributed by atoms with Gasteiger partial charge in [-0.2, -0.15) is 5.01 Å². The molecular weight excluding hydrogens is 460 g/mol. The predicted molar refractivity (Wildman–Crippen MR) is 128 cm³/mol. The first-order valence-corrected chi connectivity index (χ1v) is 10.9. The van der Waals surface area contributed by atoms with Gasteiger partial charge in [0.05, 0.1) is 43.8 Å². The monoisotopic (exact) mass is 482 g/mol. The van der Waals surface area contributed by atoms with E-state index < -0.39 is 18.0 Å². The van der Waals surface area contributed by atoms with Gasteiger partial charge in [0, 0.05) is 5.02 Å². The number of amidine groups is 1. The number of carbonyl (C=O) groups is 2. The number of nitrogens with zero attached hydrogens (tertiary/aromatic N) is 4. The number of hydrazone groups is 1. The van der Waals surface area contributed by atoms with Crippen LogP contribution in [0.4, 0.5) is 5.69 Å². The highest BCUT2D eigenvalue weighted by molar-refractivity contribution is 6.41. The van der Waals surface area contributed by atoms with Gasteiger partial charge in [-0.15, -0.1) is 5.10 Å². The van der Waals surface area contributed by atoms with E-state index in [1.54, 1.807) is 68.3 Å². The molecule has 9 nitrogen and oxygen atoms in total. The zero-order chi connectivity index (χ0) is 24.4. The summed E-state index contributed by atoms with van der Waals surface area (Å²) in [6, 6.07) is 13.4. The highest BCUT2D eigenvalue weighted by Gasteiger charge is 2.47. The number of rotatable bonds is 6. The van der Waals surface area contributed by atoms with Gasteiger partial charge in [-0.1, -0.05) is 29.8 Å². The summed E-state index contributed by atoms with van der Waals surface area (Å²) in [4.78, 5) is 32.1. The third-order valence-corrected chi connectivity index (χ3v) is 5.58. The van der Waals surface area contributed by atoms with Crippen molar-refractivity contribution in [2.24, 2.45) is 10.1 Å². The van der Waals surface area contributed by atoms with Crippen LogP contribution in [0.5, 0.6) is 5.75 Å². The summed E-state index contributed by atoms with van der Waals surface area (Å²) in [6.45, 7) is 3.57. The fourth-order valence-electron chi connectivity index (χ4n) is 3.87. The molecule has 4 rings (SSSR count). The van der Waals surface area contributed by atoms with Crippen molar-refractivity contribution >= 4 is 41.0 Å². The van der Waals surface area contributed by atoms with Crippen LogP contribution in [-0.4, -0.2) is 49.5 Å². The largest absolute Gasteiger partial charge is 0.497 e. The minimum Gasteiger partial charge on any atom is -0.497 e. The standard InChI is InChI=1S/C24H23ClN4O5/c1-5-34-23(31)21-27-29(17-10-7-9-16(25)13-17)24-26-14(2)19(22(30)33-4)20(28(21)24)15-8-6-11-18(12-15)32-3/h6-13,20H,5H2,1-4H3/t20-/m0/s1. The summed E-state index contributed by atoms with van der Waals surface area (Å²) in [5, 5.41) is 6.53. The summed E-state index contributed by atoms with van der Waals surface area (Å²) in [5.74, 6) is -0.344. The molecule has 0 saturated heterocycles. The van der Waals surface area contributed by atoms with Gasteiger partial charge in [-0.3, -0.25) is 4.90 Å². The molecule has 0 unspecified atom stereocenters. The van der Waals surface area contributed by atoms with E-state index in [4.69, 9.17) is 25.8 Å². The number of esters is 2. The fraction of sp³-hybridized carbons (Fsp3) is 0.250. The van der Waals surface area contributed by atoms with Crippen molar-refractivity contribution in [1.29, 1.82) is 0 Å². The molecule has 10 heteroatoms. The minimum atomic E-state index is -0.776. The van der Waals surface area contributed by atoms with E-state index in [0.29, 0.717) is 33.7 Å². The van der Waals surface area contributed by atoms with E-state index in [0.717, 1.165) is 0 Å². The number of hydrogen-bond acceptors (Lipinski definition) is 9. The van der Waals surface area contributed by atoms with Crippen molar-refractivity contribution in [2.45, 2.75) is 19.9 Å². The fourth-order valence-corrected chi connectivity index (χ4v) is 4.06. The highest BCUT2D eigenvalue weighted by atomic mass is 35.5. The van der Waals surface area contributed by atoms with Crippen LogP contribution in [0.15, 0.2) is 69.9 Å². The molecule has 2 aromatic carbocycles. The third kappa shape index (κ3) is 4.10. The zero-order valence-corrected chi connectivity index (χ0v) is 19.9. The van der Waals surface area contributed by atoms with Crippen LogP contribution >= 0.6 is 11.6 Å². The first kappa shape index (κ1) is 23.3. The topological polar surface area (TPSA) is 93.0 Å². The SMILES string of the molecule is CCOC(=O)C1=NN(c2cccc(Cl)c2)C2=NC(C)=C(C(=O)OC)[C@H](c3cccc(OC)c3)N12. The lowest BCUT2D eigenvalue weighted by molar-refractivity contribution is -0.138. The first-order chi connectivity index (χ1) is 16.4. The predicted octanol–water partition coefficient (Wildman–Crippen LogP) is 3.91. The number of anilines is 1. The van der Waals surface area contributed by atoms with E-state index in [9.17, 15) is 9.59 Å². The maximum Gasteiger partial charge on any atom is 0.376 e. The van der Waals surface area contributed by atoms with Gasteiger partial charge >= 0.3 is 11.9 Å². The number of hydrogen-bond donors (Lipinski definition) is 0. The molecule has 176 valence electrons. The van der Waals surface area contributed by atoms with Crippen molar-refractivity contribution < 1.29 is 23.8 Å². The van der Waals surface area contributed by atoms with Gasteiger partial charge in [0.15, 0.2) is 0 Å². The van der Waals surface area contributed by atoms with Gasteiger partial charge in [0.1, 0.15) is 5.75 Å². The van der Waals surface area contributed by atoms with Crippen LogP contribution in [0.2, 0.25) is 5.02 Å². The number of guanidine groups is 1.